The van der Waals surface area contributed by atoms with Crippen molar-refractivity contribution >= 4 is 18.6 Å². The van der Waals surface area contributed by atoms with Crippen LogP contribution in [0.25, 0.3) is 0 Å². The summed E-state index contributed by atoms with van der Waals surface area (Å²) in [6.07, 6.45) is 20.9. The van der Waals surface area contributed by atoms with Gasteiger partial charge in [-0.05, 0) is 32.1 Å². The van der Waals surface area contributed by atoms with E-state index in [1.165, 1.54) is 70.6 Å². The Hall–Kier alpha value is -0.480. The van der Waals surface area contributed by atoms with Gasteiger partial charge in [0.2, 0.25) is 0 Å². The smallest absolute Gasteiger partial charge is 0.306 e. The maximum atomic E-state index is 11.5. The van der Waals surface area contributed by atoms with E-state index in [1.807, 2.05) is 0 Å². The molecule has 148 valence electrons. The van der Waals surface area contributed by atoms with Crippen LogP contribution in [0.5, 0.6) is 0 Å². The third kappa shape index (κ3) is 18.1. The fourth-order valence-electron chi connectivity index (χ4n) is 2.72. The van der Waals surface area contributed by atoms with Crippen molar-refractivity contribution in [2.75, 3.05) is 12.4 Å². The molecule has 4 heteroatoms. The summed E-state index contributed by atoms with van der Waals surface area (Å²) in [5, 5.41) is 8.95. The van der Waals surface area contributed by atoms with Crippen molar-refractivity contribution in [2.45, 2.75) is 103 Å². The summed E-state index contributed by atoms with van der Waals surface area (Å²) < 4.78 is 5.09. The molecule has 0 heterocycles. The third-order valence-electron chi connectivity index (χ3n) is 4.35. The summed E-state index contributed by atoms with van der Waals surface area (Å²) in [7, 11) is 0. The van der Waals surface area contributed by atoms with E-state index in [0.717, 1.165) is 12.8 Å². The quantitative estimate of drug-likeness (QED) is 0.137. The number of aliphatic hydroxyl groups is 1. The van der Waals surface area contributed by atoms with Crippen molar-refractivity contribution in [1.29, 1.82) is 0 Å². The SMILES string of the molecule is CCCCCCCC/C=C\CCCCCCCC(=O)OC(CO)CS. The molecule has 0 aliphatic heterocycles. The molecule has 0 radical (unpaired) electrons. The summed E-state index contributed by atoms with van der Waals surface area (Å²) in [4.78, 5) is 11.5. The first kappa shape index (κ1) is 24.5. The first-order valence-corrected chi connectivity index (χ1v) is 10.9. The number of allylic oxidation sites excluding steroid dienone is 2. The van der Waals surface area contributed by atoms with Gasteiger partial charge in [-0.3, -0.25) is 4.79 Å². The van der Waals surface area contributed by atoms with E-state index in [4.69, 9.17) is 9.84 Å². The molecule has 0 fully saturated rings. The molecule has 3 nitrogen and oxygen atoms in total. The highest BCUT2D eigenvalue weighted by atomic mass is 32.1. The number of hydrogen-bond acceptors (Lipinski definition) is 4. The van der Waals surface area contributed by atoms with Crippen LogP contribution >= 0.6 is 12.6 Å². The van der Waals surface area contributed by atoms with E-state index >= 15 is 0 Å². The van der Waals surface area contributed by atoms with E-state index in [2.05, 4.69) is 31.7 Å². The minimum absolute atomic E-state index is 0.151. The molecule has 0 spiro atoms. The van der Waals surface area contributed by atoms with Gasteiger partial charge in [-0.15, -0.1) is 0 Å². The highest BCUT2D eigenvalue weighted by molar-refractivity contribution is 7.80. The first-order chi connectivity index (χ1) is 12.2. The molecule has 0 aliphatic rings. The summed E-state index contributed by atoms with van der Waals surface area (Å²) in [6, 6.07) is 0. The van der Waals surface area contributed by atoms with Gasteiger partial charge in [0.15, 0.2) is 0 Å². The normalized spacial score (nSPS) is 12.6. The summed E-state index contributed by atoms with van der Waals surface area (Å²) >= 11 is 4.03. The molecule has 0 saturated heterocycles. The number of rotatable bonds is 18. The van der Waals surface area contributed by atoms with Gasteiger partial charge in [-0.2, -0.15) is 12.6 Å². The maximum Gasteiger partial charge on any atom is 0.306 e. The second-order valence-corrected chi connectivity index (χ2v) is 7.18. The number of esters is 1. The molecular weight excluding hydrogens is 332 g/mol. The largest absolute Gasteiger partial charge is 0.459 e. The Kier molecular flexibility index (Phi) is 19.5. The van der Waals surface area contributed by atoms with Crippen LogP contribution in [0.3, 0.4) is 0 Å². The van der Waals surface area contributed by atoms with Gasteiger partial charge in [0.25, 0.3) is 0 Å². The van der Waals surface area contributed by atoms with Crippen LogP contribution in [-0.2, 0) is 9.53 Å². The van der Waals surface area contributed by atoms with Gasteiger partial charge >= 0.3 is 5.97 Å². The summed E-state index contributed by atoms with van der Waals surface area (Å²) in [6.45, 7) is 2.11. The molecule has 0 aromatic heterocycles. The minimum atomic E-state index is -0.459. The van der Waals surface area contributed by atoms with Crippen molar-refractivity contribution < 1.29 is 14.6 Å². The Labute approximate surface area is 161 Å². The van der Waals surface area contributed by atoms with Crippen molar-refractivity contribution in [2.24, 2.45) is 0 Å². The molecule has 0 amide bonds. The molecule has 0 bridgehead atoms. The first-order valence-electron chi connectivity index (χ1n) is 10.3. The number of ether oxygens (including phenoxy) is 1. The lowest BCUT2D eigenvalue weighted by Crippen LogP contribution is -2.23. The van der Waals surface area contributed by atoms with Crippen LogP contribution in [0, 0.1) is 0 Å². The van der Waals surface area contributed by atoms with E-state index in [0.29, 0.717) is 12.2 Å². The van der Waals surface area contributed by atoms with Crippen molar-refractivity contribution in [3.8, 4) is 0 Å². The Morgan fingerprint density at radius 3 is 1.96 bits per heavy atom. The molecule has 1 N–H and O–H groups in total. The third-order valence-corrected chi connectivity index (χ3v) is 4.76. The van der Waals surface area contributed by atoms with Gasteiger partial charge in [0.05, 0.1) is 6.61 Å². The average molecular weight is 373 g/mol. The number of hydrogen-bond donors (Lipinski definition) is 2. The van der Waals surface area contributed by atoms with Gasteiger partial charge in [0.1, 0.15) is 6.10 Å². The van der Waals surface area contributed by atoms with Gasteiger partial charge in [-0.1, -0.05) is 70.4 Å². The van der Waals surface area contributed by atoms with E-state index in [-0.39, 0.29) is 12.6 Å². The van der Waals surface area contributed by atoms with Crippen molar-refractivity contribution in [3.63, 3.8) is 0 Å². The zero-order chi connectivity index (χ0) is 18.6. The Balaban J connectivity index is 3.28. The summed E-state index contributed by atoms with van der Waals surface area (Å²) in [5.74, 6) is 0.153. The second kappa shape index (κ2) is 19.8. The molecule has 1 unspecified atom stereocenters. The molecular formula is C21H40O3S. The zero-order valence-electron chi connectivity index (χ0n) is 16.3. The summed E-state index contributed by atoms with van der Waals surface area (Å²) in [5.41, 5.74) is 0. The van der Waals surface area contributed by atoms with Crippen LogP contribution in [-0.4, -0.2) is 29.5 Å². The van der Waals surface area contributed by atoms with Crippen molar-refractivity contribution in [3.05, 3.63) is 12.2 Å². The topological polar surface area (TPSA) is 46.5 Å². The van der Waals surface area contributed by atoms with Gasteiger partial charge in [-0.25, -0.2) is 0 Å². The predicted octanol–water partition coefficient (Wildman–Crippen LogP) is 5.86. The molecule has 0 aromatic carbocycles. The average Bonchev–Trinajstić information content (AvgIpc) is 2.62. The van der Waals surface area contributed by atoms with Crippen LogP contribution in [0.1, 0.15) is 96.8 Å². The number of unbranched alkanes of at least 4 members (excludes halogenated alkanes) is 11. The predicted molar refractivity (Wildman–Crippen MR) is 110 cm³/mol. The van der Waals surface area contributed by atoms with Crippen LogP contribution in [0.2, 0.25) is 0 Å². The second-order valence-electron chi connectivity index (χ2n) is 6.81. The van der Waals surface area contributed by atoms with E-state index < -0.39 is 6.10 Å². The fourth-order valence-corrected chi connectivity index (χ4v) is 2.91. The molecule has 0 rings (SSSR count). The monoisotopic (exact) mass is 372 g/mol. The molecule has 1 atom stereocenters. The Morgan fingerprint density at radius 2 is 1.44 bits per heavy atom. The van der Waals surface area contributed by atoms with Crippen LogP contribution < -0.4 is 0 Å². The molecule has 0 aromatic rings. The Morgan fingerprint density at radius 1 is 0.920 bits per heavy atom. The number of carbonyl (C=O) groups is 1. The lowest BCUT2D eigenvalue weighted by Gasteiger charge is -2.12. The lowest BCUT2D eigenvalue weighted by molar-refractivity contribution is -0.149. The van der Waals surface area contributed by atoms with Crippen LogP contribution in [0.15, 0.2) is 12.2 Å². The minimum Gasteiger partial charge on any atom is -0.459 e. The van der Waals surface area contributed by atoms with Crippen molar-refractivity contribution in [1.82, 2.24) is 0 Å². The molecule has 0 saturated carbocycles. The number of carbonyl (C=O) groups excluding carboxylic acids is 1. The van der Waals surface area contributed by atoms with Crippen LogP contribution in [0.4, 0.5) is 0 Å². The number of aliphatic hydroxyl groups excluding tert-OH is 1. The van der Waals surface area contributed by atoms with E-state index in [9.17, 15) is 4.79 Å². The highest BCUT2D eigenvalue weighted by Crippen LogP contribution is 2.10. The molecule has 25 heavy (non-hydrogen) atoms. The standard InChI is InChI=1S/C21H40O3S/c1-2-3-4-5-6-7-8-9-10-11-12-13-14-15-16-17-21(23)24-20(18-22)19-25/h9-10,20,22,25H,2-8,11-19H2,1H3/b10-9-. The Bertz CT molecular complexity index is 314. The zero-order valence-corrected chi connectivity index (χ0v) is 17.2. The van der Waals surface area contributed by atoms with E-state index in [1.54, 1.807) is 0 Å². The number of thiol groups is 1. The highest BCUT2D eigenvalue weighted by Gasteiger charge is 2.10. The molecule has 0 aliphatic carbocycles. The van der Waals surface area contributed by atoms with Gasteiger partial charge < -0.3 is 9.84 Å². The fraction of sp³-hybridized carbons (Fsp3) is 0.857. The van der Waals surface area contributed by atoms with Gasteiger partial charge in [0, 0.05) is 12.2 Å². The lowest BCUT2D eigenvalue weighted by atomic mass is 10.1. The maximum absolute atomic E-state index is 11.5.